The van der Waals surface area contributed by atoms with Gasteiger partial charge in [0.2, 0.25) is 0 Å². The predicted octanol–water partition coefficient (Wildman–Crippen LogP) is 5.81. The molecule has 3 N–H and O–H groups in total. The maximum Gasteiger partial charge on any atom is 0.323 e. The molecular weight excluding hydrogens is 348 g/mol. The lowest BCUT2D eigenvalue weighted by molar-refractivity contribution is 0.262. The third-order valence-electron chi connectivity index (χ3n) is 4.14. The Balaban J connectivity index is 1.75. The van der Waals surface area contributed by atoms with Gasteiger partial charge in [-0.05, 0) is 42.7 Å². The van der Waals surface area contributed by atoms with E-state index < -0.39 is 0 Å². The van der Waals surface area contributed by atoms with Gasteiger partial charge in [0.15, 0.2) is 0 Å². The first-order chi connectivity index (χ1) is 12.4. The van der Waals surface area contributed by atoms with E-state index in [1.807, 2.05) is 43.3 Å². The molecule has 3 aromatic rings. The molecule has 0 saturated heterocycles. The third-order valence-corrected chi connectivity index (χ3v) is 4.39. The molecule has 5 nitrogen and oxygen atoms in total. The zero-order chi connectivity index (χ0) is 18.7. The van der Waals surface area contributed by atoms with Crippen LogP contribution in [-0.2, 0) is 0 Å². The average Bonchev–Trinajstić information content (AvgIpc) is 2.97. The van der Waals surface area contributed by atoms with Crippen LogP contribution in [0.25, 0.3) is 11.3 Å². The summed E-state index contributed by atoms with van der Waals surface area (Å²) in [7, 11) is 0. The Morgan fingerprint density at radius 2 is 1.69 bits per heavy atom. The van der Waals surface area contributed by atoms with Gasteiger partial charge in [-0.15, -0.1) is 0 Å². The third kappa shape index (κ3) is 4.06. The molecule has 1 heterocycles. The minimum absolute atomic E-state index is 0.318. The normalized spacial score (nSPS) is 10.8. The standard InChI is InChI=1S/C20H21ClN4O/c1-12(2)14-6-10-17(11-7-14)22-20(26)23-18-13(3)24-25-19(18)15-4-8-16(21)9-5-15/h4-12H,1-3H3,(H,24,25)(H2,22,23,26). The van der Waals surface area contributed by atoms with E-state index in [2.05, 4.69) is 34.7 Å². The fourth-order valence-corrected chi connectivity index (χ4v) is 2.75. The Labute approximate surface area is 157 Å². The highest BCUT2D eigenvalue weighted by atomic mass is 35.5. The van der Waals surface area contributed by atoms with E-state index in [1.165, 1.54) is 5.56 Å². The summed E-state index contributed by atoms with van der Waals surface area (Å²) >= 11 is 5.94. The van der Waals surface area contributed by atoms with Gasteiger partial charge in [0.1, 0.15) is 5.69 Å². The van der Waals surface area contributed by atoms with E-state index in [1.54, 1.807) is 12.1 Å². The number of aryl methyl sites for hydroxylation is 1. The zero-order valence-corrected chi connectivity index (χ0v) is 15.7. The molecule has 2 amide bonds. The lowest BCUT2D eigenvalue weighted by Crippen LogP contribution is -2.20. The van der Waals surface area contributed by atoms with Crippen LogP contribution in [0.3, 0.4) is 0 Å². The number of nitrogens with zero attached hydrogens (tertiary/aromatic N) is 1. The average molecular weight is 369 g/mol. The van der Waals surface area contributed by atoms with Gasteiger partial charge in [-0.25, -0.2) is 4.79 Å². The number of rotatable bonds is 4. The molecule has 0 spiro atoms. The molecule has 0 aliphatic rings. The van der Waals surface area contributed by atoms with Crippen LogP contribution in [-0.4, -0.2) is 16.2 Å². The molecule has 0 aliphatic heterocycles. The monoisotopic (exact) mass is 368 g/mol. The molecule has 1 aromatic heterocycles. The zero-order valence-electron chi connectivity index (χ0n) is 14.9. The Hall–Kier alpha value is -2.79. The Bertz CT molecular complexity index is 899. The van der Waals surface area contributed by atoms with Crippen LogP contribution < -0.4 is 10.6 Å². The fourth-order valence-electron chi connectivity index (χ4n) is 2.63. The first-order valence-corrected chi connectivity index (χ1v) is 8.80. The summed E-state index contributed by atoms with van der Waals surface area (Å²) in [5.41, 5.74) is 4.93. The van der Waals surface area contributed by atoms with Crippen molar-refractivity contribution >= 4 is 29.0 Å². The Kier molecular flexibility index (Phi) is 5.28. The van der Waals surface area contributed by atoms with Crippen molar-refractivity contribution in [2.45, 2.75) is 26.7 Å². The van der Waals surface area contributed by atoms with Crippen LogP contribution in [0.5, 0.6) is 0 Å². The molecule has 3 rings (SSSR count). The Morgan fingerprint density at radius 1 is 1.04 bits per heavy atom. The minimum atomic E-state index is -0.318. The van der Waals surface area contributed by atoms with Crippen molar-refractivity contribution in [3.05, 3.63) is 64.8 Å². The number of anilines is 2. The summed E-state index contributed by atoms with van der Waals surface area (Å²) in [6, 6.07) is 14.8. The van der Waals surface area contributed by atoms with Crippen LogP contribution in [0.4, 0.5) is 16.2 Å². The first kappa shape index (κ1) is 18.0. The number of hydrogen-bond donors (Lipinski definition) is 3. The summed E-state index contributed by atoms with van der Waals surface area (Å²) in [6.45, 7) is 6.13. The quantitative estimate of drug-likeness (QED) is 0.544. The van der Waals surface area contributed by atoms with Crippen LogP contribution in [0.15, 0.2) is 48.5 Å². The number of aromatic nitrogens is 2. The molecule has 0 bridgehead atoms. The van der Waals surface area contributed by atoms with Gasteiger partial charge in [-0.2, -0.15) is 5.10 Å². The second kappa shape index (κ2) is 7.62. The summed E-state index contributed by atoms with van der Waals surface area (Å²) in [6.07, 6.45) is 0. The SMILES string of the molecule is Cc1[nH]nc(-c2ccc(Cl)cc2)c1NC(=O)Nc1ccc(C(C)C)cc1. The number of nitrogens with one attached hydrogen (secondary N) is 3. The number of carbonyl (C=O) groups is 1. The van der Waals surface area contributed by atoms with Gasteiger partial charge < -0.3 is 10.6 Å². The molecule has 0 unspecified atom stereocenters. The summed E-state index contributed by atoms with van der Waals surface area (Å²) in [4.78, 5) is 12.4. The highest BCUT2D eigenvalue weighted by Crippen LogP contribution is 2.29. The predicted molar refractivity (Wildman–Crippen MR) is 107 cm³/mol. The lowest BCUT2D eigenvalue weighted by atomic mass is 10.0. The largest absolute Gasteiger partial charge is 0.323 e. The van der Waals surface area contributed by atoms with Crippen molar-refractivity contribution in [3.8, 4) is 11.3 Å². The molecular formula is C20H21ClN4O. The van der Waals surface area contributed by atoms with E-state index >= 15 is 0 Å². The van der Waals surface area contributed by atoms with Crippen molar-refractivity contribution in [1.82, 2.24) is 10.2 Å². The van der Waals surface area contributed by atoms with Crippen LogP contribution >= 0.6 is 11.6 Å². The van der Waals surface area contributed by atoms with Crippen LogP contribution in [0.1, 0.15) is 31.0 Å². The maximum atomic E-state index is 12.4. The lowest BCUT2D eigenvalue weighted by Gasteiger charge is -2.10. The van der Waals surface area contributed by atoms with Crippen molar-refractivity contribution in [3.63, 3.8) is 0 Å². The molecule has 0 saturated carbocycles. The fraction of sp³-hybridized carbons (Fsp3) is 0.200. The molecule has 0 atom stereocenters. The van der Waals surface area contributed by atoms with Gasteiger partial charge in [-0.3, -0.25) is 5.10 Å². The second-order valence-corrected chi connectivity index (χ2v) is 6.87. The van der Waals surface area contributed by atoms with E-state index in [-0.39, 0.29) is 6.03 Å². The number of aromatic amines is 1. The summed E-state index contributed by atoms with van der Waals surface area (Å²) < 4.78 is 0. The number of H-pyrrole nitrogens is 1. The second-order valence-electron chi connectivity index (χ2n) is 6.43. The topological polar surface area (TPSA) is 69.8 Å². The highest BCUT2D eigenvalue weighted by Gasteiger charge is 2.15. The van der Waals surface area contributed by atoms with E-state index in [0.29, 0.717) is 22.3 Å². The van der Waals surface area contributed by atoms with Gasteiger partial charge >= 0.3 is 6.03 Å². The number of urea groups is 1. The molecule has 0 aliphatic carbocycles. The number of hydrogen-bond acceptors (Lipinski definition) is 2. The summed E-state index contributed by atoms with van der Waals surface area (Å²) in [5, 5.41) is 13.6. The molecule has 6 heteroatoms. The minimum Gasteiger partial charge on any atom is -0.308 e. The van der Waals surface area contributed by atoms with E-state index in [0.717, 1.165) is 16.9 Å². The van der Waals surface area contributed by atoms with Crippen molar-refractivity contribution in [2.75, 3.05) is 10.6 Å². The molecule has 0 radical (unpaired) electrons. The van der Waals surface area contributed by atoms with Crippen LogP contribution in [0, 0.1) is 6.92 Å². The highest BCUT2D eigenvalue weighted by molar-refractivity contribution is 6.30. The number of carbonyl (C=O) groups excluding carboxylic acids is 1. The van der Waals surface area contributed by atoms with Crippen LogP contribution in [0.2, 0.25) is 5.02 Å². The molecule has 0 fully saturated rings. The first-order valence-electron chi connectivity index (χ1n) is 8.43. The van der Waals surface area contributed by atoms with E-state index in [4.69, 9.17) is 11.6 Å². The van der Waals surface area contributed by atoms with E-state index in [9.17, 15) is 4.79 Å². The van der Waals surface area contributed by atoms with Gasteiger partial charge in [0.05, 0.1) is 11.4 Å². The number of amides is 2. The smallest absolute Gasteiger partial charge is 0.308 e. The summed E-state index contributed by atoms with van der Waals surface area (Å²) in [5.74, 6) is 0.452. The van der Waals surface area contributed by atoms with Crippen molar-refractivity contribution in [2.24, 2.45) is 0 Å². The Morgan fingerprint density at radius 3 is 2.31 bits per heavy atom. The van der Waals surface area contributed by atoms with Gasteiger partial charge in [-0.1, -0.05) is 49.7 Å². The van der Waals surface area contributed by atoms with Crippen molar-refractivity contribution < 1.29 is 4.79 Å². The molecule has 2 aromatic carbocycles. The molecule has 134 valence electrons. The van der Waals surface area contributed by atoms with Crippen molar-refractivity contribution in [1.29, 1.82) is 0 Å². The maximum absolute atomic E-state index is 12.4. The van der Waals surface area contributed by atoms with Gasteiger partial charge in [0.25, 0.3) is 0 Å². The number of benzene rings is 2. The molecule has 26 heavy (non-hydrogen) atoms. The van der Waals surface area contributed by atoms with Gasteiger partial charge in [0, 0.05) is 16.3 Å². The number of halogens is 1.